The summed E-state index contributed by atoms with van der Waals surface area (Å²) in [4.78, 5) is 37.8. The first kappa shape index (κ1) is 22.8. The molecule has 154 valence electrons. The number of nitrogens with one attached hydrogen (secondary N) is 1. The van der Waals surface area contributed by atoms with Crippen molar-refractivity contribution in [2.75, 3.05) is 6.54 Å². The molecule has 1 aromatic carbocycles. The van der Waals surface area contributed by atoms with Gasteiger partial charge in [-0.1, -0.05) is 73.7 Å². The summed E-state index contributed by atoms with van der Waals surface area (Å²) in [6.45, 7) is 3.88. The van der Waals surface area contributed by atoms with Gasteiger partial charge in [0, 0.05) is 13.0 Å². The van der Waals surface area contributed by atoms with Crippen molar-refractivity contribution in [3.8, 4) is 0 Å². The maximum Gasteiger partial charge on any atom is 0.326 e. The molecule has 0 aromatic heterocycles. The van der Waals surface area contributed by atoms with Crippen LogP contribution >= 0.6 is 24.0 Å². The molecule has 1 aromatic rings. The number of nitrogens with zero attached hydrogens (tertiary/aromatic N) is 1. The molecule has 0 saturated carbocycles. The van der Waals surface area contributed by atoms with Crippen molar-refractivity contribution in [3.63, 3.8) is 0 Å². The van der Waals surface area contributed by atoms with Crippen molar-refractivity contribution < 1.29 is 19.5 Å². The summed E-state index contributed by atoms with van der Waals surface area (Å²) < 4.78 is 0.393. The summed E-state index contributed by atoms with van der Waals surface area (Å²) in [5.41, 5.74) is 1.95. The number of amides is 2. The van der Waals surface area contributed by atoms with Gasteiger partial charge in [0.1, 0.15) is 10.4 Å². The van der Waals surface area contributed by atoms with E-state index in [1.807, 2.05) is 50.3 Å². The van der Waals surface area contributed by atoms with Crippen molar-refractivity contribution in [2.45, 2.75) is 39.2 Å². The average Bonchev–Trinajstić information content (AvgIpc) is 2.93. The number of carboxylic acid groups (broad SMARTS) is 1. The van der Waals surface area contributed by atoms with Gasteiger partial charge in [-0.3, -0.25) is 14.5 Å². The number of carbonyl (C=O) groups is 3. The molecule has 0 aliphatic carbocycles. The van der Waals surface area contributed by atoms with E-state index >= 15 is 0 Å². The molecule has 0 spiro atoms. The second kappa shape index (κ2) is 10.9. The standard InChI is InChI=1S/C21H24N2O4S2/c1-3-7-16(20(26)27)22-18(24)10-11-23-19(25)17(29-21(23)28)13-14(2)12-15-8-5-4-6-9-15/h4-6,8-9,12-13,16H,3,7,10-11H2,1-2H3,(H,22,24)(H,26,27)/b14-12+,17-13+/t16-/m0/s1. The van der Waals surface area contributed by atoms with E-state index in [1.54, 1.807) is 6.08 Å². The average molecular weight is 433 g/mol. The molecular weight excluding hydrogens is 408 g/mol. The minimum Gasteiger partial charge on any atom is -0.480 e. The number of allylic oxidation sites excluding steroid dienone is 2. The lowest BCUT2D eigenvalue weighted by Gasteiger charge is -2.16. The third-order valence-corrected chi connectivity index (χ3v) is 5.58. The second-order valence-electron chi connectivity index (χ2n) is 6.63. The Morgan fingerprint density at radius 2 is 2.00 bits per heavy atom. The van der Waals surface area contributed by atoms with Gasteiger partial charge in [-0.2, -0.15) is 0 Å². The van der Waals surface area contributed by atoms with Crippen molar-refractivity contribution in [1.29, 1.82) is 0 Å². The van der Waals surface area contributed by atoms with E-state index in [9.17, 15) is 14.4 Å². The lowest BCUT2D eigenvalue weighted by molar-refractivity contribution is -0.142. The Morgan fingerprint density at radius 1 is 1.31 bits per heavy atom. The van der Waals surface area contributed by atoms with Crippen LogP contribution in [-0.2, 0) is 14.4 Å². The zero-order chi connectivity index (χ0) is 21.4. The van der Waals surface area contributed by atoms with Gasteiger partial charge in [0.15, 0.2) is 0 Å². The minimum atomic E-state index is -1.06. The maximum absolute atomic E-state index is 12.6. The number of benzene rings is 1. The molecule has 2 rings (SSSR count). The van der Waals surface area contributed by atoms with Crippen LogP contribution < -0.4 is 5.32 Å². The predicted octanol–water partition coefficient (Wildman–Crippen LogP) is 3.59. The van der Waals surface area contributed by atoms with E-state index in [1.165, 1.54) is 16.7 Å². The minimum absolute atomic E-state index is 0.00789. The topological polar surface area (TPSA) is 86.7 Å². The van der Waals surface area contributed by atoms with Crippen LogP contribution in [-0.4, -0.2) is 44.7 Å². The monoisotopic (exact) mass is 432 g/mol. The molecule has 0 bridgehead atoms. The van der Waals surface area contributed by atoms with Crippen molar-refractivity contribution in [1.82, 2.24) is 10.2 Å². The van der Waals surface area contributed by atoms with Gasteiger partial charge >= 0.3 is 5.97 Å². The Hall–Kier alpha value is -2.45. The molecule has 1 aliphatic heterocycles. The fraction of sp³-hybridized carbons (Fsp3) is 0.333. The van der Waals surface area contributed by atoms with Gasteiger partial charge in [0.25, 0.3) is 5.91 Å². The third kappa shape index (κ3) is 6.83. The summed E-state index contributed by atoms with van der Waals surface area (Å²) in [7, 11) is 0. The van der Waals surface area contributed by atoms with Gasteiger partial charge in [-0.15, -0.1) is 0 Å². The zero-order valence-corrected chi connectivity index (χ0v) is 18.0. The molecule has 1 saturated heterocycles. The van der Waals surface area contributed by atoms with E-state index in [-0.39, 0.29) is 18.9 Å². The molecule has 1 atom stereocenters. The smallest absolute Gasteiger partial charge is 0.326 e. The van der Waals surface area contributed by atoms with Gasteiger partial charge in [-0.05, 0) is 30.6 Å². The van der Waals surface area contributed by atoms with E-state index in [2.05, 4.69) is 5.32 Å². The highest BCUT2D eigenvalue weighted by Gasteiger charge is 2.32. The van der Waals surface area contributed by atoms with Crippen molar-refractivity contribution >= 4 is 52.2 Å². The van der Waals surface area contributed by atoms with Gasteiger partial charge < -0.3 is 10.4 Å². The Morgan fingerprint density at radius 3 is 2.62 bits per heavy atom. The second-order valence-corrected chi connectivity index (χ2v) is 8.31. The Balaban J connectivity index is 1.97. The summed E-state index contributed by atoms with van der Waals surface area (Å²) in [5, 5.41) is 11.6. The lowest BCUT2D eigenvalue weighted by Crippen LogP contribution is -2.42. The summed E-state index contributed by atoms with van der Waals surface area (Å²) in [6, 6.07) is 8.87. The van der Waals surface area contributed by atoms with Crippen molar-refractivity contribution in [2.24, 2.45) is 0 Å². The molecule has 1 fully saturated rings. The van der Waals surface area contributed by atoms with Crippen LogP contribution in [0.4, 0.5) is 0 Å². The number of thiocarbonyl (C=S) groups is 1. The van der Waals surface area contributed by atoms with Crippen LogP contribution in [0.5, 0.6) is 0 Å². The van der Waals surface area contributed by atoms with Crippen LogP contribution in [0.25, 0.3) is 6.08 Å². The van der Waals surface area contributed by atoms with Gasteiger partial charge in [0.2, 0.25) is 5.91 Å². The number of hydrogen-bond donors (Lipinski definition) is 2. The quantitative estimate of drug-likeness (QED) is 0.458. The fourth-order valence-corrected chi connectivity index (χ4v) is 4.14. The number of carbonyl (C=O) groups excluding carboxylic acids is 2. The first-order valence-electron chi connectivity index (χ1n) is 9.32. The first-order chi connectivity index (χ1) is 13.8. The highest BCUT2D eigenvalue weighted by molar-refractivity contribution is 8.26. The number of thioether (sulfide) groups is 1. The summed E-state index contributed by atoms with van der Waals surface area (Å²) in [6.07, 6.45) is 4.75. The van der Waals surface area contributed by atoms with Crippen LogP contribution in [0, 0.1) is 0 Å². The highest BCUT2D eigenvalue weighted by Crippen LogP contribution is 2.32. The molecule has 2 N–H and O–H groups in total. The lowest BCUT2D eigenvalue weighted by atomic mass is 10.1. The van der Waals surface area contributed by atoms with Crippen LogP contribution in [0.3, 0.4) is 0 Å². The molecule has 2 amide bonds. The molecule has 1 heterocycles. The SMILES string of the molecule is CCC[C@H](NC(=O)CCN1C(=O)/C(=C\C(C)=C\c2ccccc2)SC1=S)C(=O)O. The number of hydrogen-bond acceptors (Lipinski definition) is 5. The Kier molecular flexibility index (Phi) is 8.60. The summed E-state index contributed by atoms with van der Waals surface area (Å²) in [5.74, 6) is -1.71. The number of aliphatic carboxylic acids is 1. The number of rotatable bonds is 9. The molecular formula is C21H24N2O4S2. The molecule has 0 radical (unpaired) electrons. The van der Waals surface area contributed by atoms with Crippen LogP contribution in [0.1, 0.15) is 38.7 Å². The molecule has 1 aliphatic rings. The number of carboxylic acids is 1. The van der Waals surface area contributed by atoms with Gasteiger partial charge in [0.05, 0.1) is 4.91 Å². The van der Waals surface area contributed by atoms with Crippen LogP contribution in [0.15, 0.2) is 46.9 Å². The van der Waals surface area contributed by atoms with E-state index < -0.39 is 17.9 Å². The zero-order valence-electron chi connectivity index (χ0n) is 16.4. The Bertz CT molecular complexity index is 849. The summed E-state index contributed by atoms with van der Waals surface area (Å²) >= 11 is 6.48. The van der Waals surface area contributed by atoms with Crippen LogP contribution in [0.2, 0.25) is 0 Å². The van der Waals surface area contributed by atoms with E-state index in [0.29, 0.717) is 22.1 Å². The predicted molar refractivity (Wildman–Crippen MR) is 119 cm³/mol. The fourth-order valence-electron chi connectivity index (χ4n) is 2.78. The van der Waals surface area contributed by atoms with Crippen molar-refractivity contribution in [3.05, 3.63) is 52.4 Å². The molecule has 29 heavy (non-hydrogen) atoms. The normalized spacial score (nSPS) is 17.0. The molecule has 0 unspecified atom stereocenters. The largest absolute Gasteiger partial charge is 0.480 e. The van der Waals surface area contributed by atoms with Gasteiger partial charge in [-0.25, -0.2) is 4.79 Å². The van der Waals surface area contributed by atoms with E-state index in [0.717, 1.165) is 11.1 Å². The first-order valence-corrected chi connectivity index (χ1v) is 10.5. The molecule has 6 nitrogen and oxygen atoms in total. The highest BCUT2D eigenvalue weighted by atomic mass is 32.2. The third-order valence-electron chi connectivity index (χ3n) is 4.20. The Labute approximate surface area is 180 Å². The van der Waals surface area contributed by atoms with E-state index in [4.69, 9.17) is 17.3 Å². The maximum atomic E-state index is 12.6. The molecule has 8 heteroatoms.